The second kappa shape index (κ2) is 6.53. The van der Waals surface area contributed by atoms with Gasteiger partial charge in [0.25, 0.3) is 0 Å². The summed E-state index contributed by atoms with van der Waals surface area (Å²) in [7, 11) is 1.80. The summed E-state index contributed by atoms with van der Waals surface area (Å²) in [6, 6.07) is 3.85. The fraction of sp³-hybridized carbons (Fsp3) is 0.286. The minimum atomic E-state index is -1.04. The number of pyridine rings is 1. The van der Waals surface area contributed by atoms with Gasteiger partial charge >= 0.3 is 5.97 Å². The Morgan fingerprint density at radius 2 is 2.19 bits per heavy atom. The van der Waals surface area contributed by atoms with Gasteiger partial charge in [0.2, 0.25) is 0 Å². The summed E-state index contributed by atoms with van der Waals surface area (Å²) in [5.41, 5.74) is 2.03. The zero-order chi connectivity index (χ0) is 15.4. The number of hydrogen-bond acceptors (Lipinski definition) is 6. The van der Waals surface area contributed by atoms with Crippen LogP contribution in [-0.2, 0) is 6.54 Å². The number of carboxylic acids is 1. The van der Waals surface area contributed by atoms with Crippen LogP contribution in [0.1, 0.15) is 21.6 Å². The number of thioether (sulfide) groups is 1. The summed E-state index contributed by atoms with van der Waals surface area (Å²) >= 11 is 1.37. The highest BCUT2D eigenvalue weighted by molar-refractivity contribution is 7.98. The summed E-state index contributed by atoms with van der Waals surface area (Å²) in [4.78, 5) is 25.7. The summed E-state index contributed by atoms with van der Waals surface area (Å²) in [6.45, 7) is 2.46. The first kappa shape index (κ1) is 15.2. The third-order valence-corrected chi connectivity index (χ3v) is 3.59. The monoisotopic (exact) mass is 304 g/mol. The molecule has 110 valence electrons. The van der Waals surface area contributed by atoms with Crippen molar-refractivity contribution in [3.05, 3.63) is 41.3 Å². The van der Waals surface area contributed by atoms with Crippen LogP contribution in [0.3, 0.4) is 0 Å². The van der Waals surface area contributed by atoms with Crippen molar-refractivity contribution in [1.29, 1.82) is 0 Å². The number of aromatic nitrogens is 3. The average Bonchev–Trinajstić information content (AvgIpc) is 2.48. The molecule has 0 aliphatic carbocycles. The number of rotatable bonds is 5. The van der Waals surface area contributed by atoms with Crippen LogP contribution in [0.2, 0.25) is 0 Å². The van der Waals surface area contributed by atoms with Crippen LogP contribution in [0.15, 0.2) is 29.7 Å². The molecule has 0 aliphatic rings. The molecule has 0 atom stereocenters. The molecule has 0 amide bonds. The van der Waals surface area contributed by atoms with E-state index in [4.69, 9.17) is 0 Å². The van der Waals surface area contributed by atoms with Crippen molar-refractivity contribution in [3.8, 4) is 0 Å². The highest BCUT2D eigenvalue weighted by atomic mass is 32.2. The SMILES string of the molecule is CSc1ncc(C(=O)O)c(N(C)Cc2ncccc2C)n1. The van der Waals surface area contributed by atoms with Crippen molar-refractivity contribution in [1.82, 2.24) is 15.0 Å². The number of hydrogen-bond donors (Lipinski definition) is 1. The highest BCUT2D eigenvalue weighted by Gasteiger charge is 2.18. The smallest absolute Gasteiger partial charge is 0.341 e. The molecule has 0 aromatic carbocycles. The lowest BCUT2D eigenvalue weighted by Crippen LogP contribution is -2.22. The van der Waals surface area contributed by atoms with Gasteiger partial charge in [0.05, 0.1) is 12.2 Å². The largest absolute Gasteiger partial charge is 0.477 e. The van der Waals surface area contributed by atoms with Gasteiger partial charge in [0.1, 0.15) is 11.4 Å². The van der Waals surface area contributed by atoms with Crippen molar-refractivity contribution in [3.63, 3.8) is 0 Å². The van der Waals surface area contributed by atoms with Crippen molar-refractivity contribution >= 4 is 23.5 Å². The van der Waals surface area contributed by atoms with Gasteiger partial charge in [-0.25, -0.2) is 14.8 Å². The van der Waals surface area contributed by atoms with Gasteiger partial charge in [0.15, 0.2) is 5.16 Å². The van der Waals surface area contributed by atoms with Crippen LogP contribution >= 0.6 is 11.8 Å². The van der Waals surface area contributed by atoms with Gasteiger partial charge in [-0.1, -0.05) is 17.8 Å². The Morgan fingerprint density at radius 1 is 1.43 bits per heavy atom. The Bertz CT molecular complexity index is 663. The van der Waals surface area contributed by atoms with Crippen LogP contribution in [0.5, 0.6) is 0 Å². The number of aromatic carboxylic acids is 1. The van der Waals surface area contributed by atoms with E-state index < -0.39 is 5.97 Å². The molecule has 2 heterocycles. The third-order valence-electron chi connectivity index (χ3n) is 3.03. The van der Waals surface area contributed by atoms with Crippen LogP contribution < -0.4 is 4.90 Å². The maximum Gasteiger partial charge on any atom is 0.341 e. The average molecular weight is 304 g/mol. The summed E-state index contributed by atoms with van der Waals surface area (Å²) in [5.74, 6) is -0.644. The predicted octanol–water partition coefficient (Wildman–Crippen LogP) is 2.24. The maximum atomic E-state index is 11.3. The minimum Gasteiger partial charge on any atom is -0.477 e. The Hall–Kier alpha value is -2.15. The van der Waals surface area contributed by atoms with Crippen molar-refractivity contribution in [2.45, 2.75) is 18.6 Å². The molecule has 2 aromatic rings. The van der Waals surface area contributed by atoms with E-state index in [1.807, 2.05) is 25.3 Å². The number of anilines is 1. The molecule has 0 bridgehead atoms. The fourth-order valence-electron chi connectivity index (χ4n) is 1.88. The Morgan fingerprint density at radius 3 is 2.81 bits per heavy atom. The molecule has 0 fully saturated rings. The Kier molecular flexibility index (Phi) is 4.74. The number of aryl methyl sites for hydroxylation is 1. The molecular weight excluding hydrogens is 288 g/mol. The molecule has 0 saturated carbocycles. The highest BCUT2D eigenvalue weighted by Crippen LogP contribution is 2.21. The molecule has 0 spiro atoms. The number of carbonyl (C=O) groups is 1. The summed E-state index contributed by atoms with van der Waals surface area (Å²) in [5, 5.41) is 9.81. The first-order chi connectivity index (χ1) is 10.0. The third kappa shape index (κ3) is 3.49. The van der Waals surface area contributed by atoms with Gasteiger partial charge in [-0.3, -0.25) is 4.98 Å². The predicted molar refractivity (Wildman–Crippen MR) is 81.9 cm³/mol. The molecule has 6 nitrogen and oxygen atoms in total. The van der Waals surface area contributed by atoms with E-state index in [-0.39, 0.29) is 5.56 Å². The number of carboxylic acid groups (broad SMARTS) is 1. The van der Waals surface area contributed by atoms with E-state index in [0.717, 1.165) is 11.3 Å². The molecule has 0 unspecified atom stereocenters. The van der Waals surface area contributed by atoms with E-state index in [1.54, 1.807) is 18.1 Å². The normalized spacial score (nSPS) is 10.4. The van der Waals surface area contributed by atoms with Crippen molar-refractivity contribution in [2.75, 3.05) is 18.2 Å². The Labute approximate surface area is 127 Å². The molecule has 7 heteroatoms. The van der Waals surface area contributed by atoms with Crippen molar-refractivity contribution in [2.24, 2.45) is 0 Å². The summed E-state index contributed by atoms with van der Waals surface area (Å²) in [6.07, 6.45) is 4.92. The lowest BCUT2D eigenvalue weighted by molar-refractivity contribution is 0.0696. The molecule has 1 N–H and O–H groups in total. The zero-order valence-corrected chi connectivity index (χ0v) is 12.9. The molecule has 0 radical (unpaired) electrons. The molecule has 0 aliphatic heterocycles. The standard InChI is InChI=1S/C14H16N4O2S/c1-9-5-4-6-15-11(9)8-18(2)12-10(13(19)20)7-16-14(17-12)21-3/h4-7H,8H2,1-3H3,(H,19,20). The number of nitrogens with zero attached hydrogens (tertiary/aromatic N) is 4. The van der Waals surface area contributed by atoms with Gasteiger partial charge in [0, 0.05) is 19.4 Å². The van der Waals surface area contributed by atoms with Crippen molar-refractivity contribution < 1.29 is 9.90 Å². The second-order valence-corrected chi connectivity index (χ2v) is 5.30. The second-order valence-electron chi connectivity index (χ2n) is 4.52. The fourth-order valence-corrected chi connectivity index (χ4v) is 2.22. The van der Waals surface area contributed by atoms with Crippen LogP contribution in [0, 0.1) is 6.92 Å². The summed E-state index contributed by atoms with van der Waals surface area (Å²) < 4.78 is 0. The topological polar surface area (TPSA) is 79.2 Å². The molecular formula is C14H16N4O2S. The lowest BCUT2D eigenvalue weighted by atomic mass is 10.2. The van der Waals surface area contributed by atoms with E-state index in [0.29, 0.717) is 17.5 Å². The molecule has 2 aromatic heterocycles. The van der Waals surface area contributed by atoms with E-state index in [1.165, 1.54) is 18.0 Å². The van der Waals surface area contributed by atoms with Crippen LogP contribution in [-0.4, -0.2) is 39.3 Å². The van der Waals surface area contributed by atoms with E-state index in [2.05, 4.69) is 15.0 Å². The molecule has 0 saturated heterocycles. The molecule has 2 rings (SSSR count). The van der Waals surface area contributed by atoms with E-state index in [9.17, 15) is 9.90 Å². The van der Waals surface area contributed by atoms with Gasteiger partial charge in [-0.15, -0.1) is 0 Å². The first-order valence-electron chi connectivity index (χ1n) is 6.29. The van der Waals surface area contributed by atoms with Crippen LogP contribution in [0.25, 0.3) is 0 Å². The van der Waals surface area contributed by atoms with Gasteiger partial charge < -0.3 is 10.0 Å². The zero-order valence-electron chi connectivity index (χ0n) is 12.1. The maximum absolute atomic E-state index is 11.3. The quantitative estimate of drug-likeness (QED) is 0.670. The Balaban J connectivity index is 2.35. The first-order valence-corrected chi connectivity index (χ1v) is 7.51. The van der Waals surface area contributed by atoms with Crippen LogP contribution in [0.4, 0.5) is 5.82 Å². The lowest BCUT2D eigenvalue weighted by Gasteiger charge is -2.20. The molecule has 21 heavy (non-hydrogen) atoms. The van der Waals surface area contributed by atoms with Gasteiger partial charge in [-0.05, 0) is 24.8 Å². The van der Waals surface area contributed by atoms with Gasteiger partial charge in [-0.2, -0.15) is 0 Å². The van der Waals surface area contributed by atoms with E-state index >= 15 is 0 Å². The minimum absolute atomic E-state index is 0.0869.